The fourth-order valence-electron chi connectivity index (χ4n) is 3.48. The quantitative estimate of drug-likeness (QED) is 0.383. The van der Waals surface area contributed by atoms with Gasteiger partial charge in [-0.25, -0.2) is 9.18 Å². The molecule has 0 saturated carbocycles. The number of carbonyl (C=O) groups excluding carboxylic acids is 2. The van der Waals surface area contributed by atoms with Crippen molar-refractivity contribution in [1.29, 1.82) is 0 Å². The Hall–Kier alpha value is -3.19. The number of hydrogen-bond donors (Lipinski definition) is 1. The molecule has 36 heavy (non-hydrogen) atoms. The van der Waals surface area contributed by atoms with E-state index in [0.29, 0.717) is 28.2 Å². The molecule has 1 N–H and O–H groups in total. The fourth-order valence-corrected chi connectivity index (χ4v) is 3.80. The summed E-state index contributed by atoms with van der Waals surface area (Å²) in [6.45, 7) is 14.0. The zero-order valence-electron chi connectivity index (χ0n) is 22.0. The predicted molar refractivity (Wildman–Crippen MR) is 144 cm³/mol. The number of benzene rings is 2. The van der Waals surface area contributed by atoms with Crippen LogP contribution in [0.5, 0.6) is 0 Å². The second kappa shape index (κ2) is 12.7. The van der Waals surface area contributed by atoms with E-state index in [1.165, 1.54) is 11.0 Å². The predicted octanol–water partition coefficient (Wildman–Crippen LogP) is 7.02. The van der Waals surface area contributed by atoms with Crippen molar-refractivity contribution in [3.63, 3.8) is 0 Å². The summed E-state index contributed by atoms with van der Waals surface area (Å²) >= 11 is 6.28. The largest absolute Gasteiger partial charge is 0.444 e. The molecule has 0 bridgehead atoms. The maximum atomic E-state index is 14.9. The Bertz CT molecular complexity index is 1220. The molecule has 0 saturated heterocycles. The molecular formula is C28H35ClFN3O3. The van der Waals surface area contributed by atoms with Crippen LogP contribution >= 0.6 is 11.6 Å². The van der Waals surface area contributed by atoms with Crippen LogP contribution in [0, 0.1) is 12.7 Å². The van der Waals surface area contributed by atoms with Gasteiger partial charge in [-0.2, -0.15) is 0 Å². The first kappa shape index (κ1) is 29.0. The standard InChI is InChI=1S/C26H29ClFN3O3.C2H6/c1-6-31(25(33)34-26(3,4)5)12-11-29-24(32)18-8-9-19(22(28)14-18)17-7-10-20-21(27)13-16(2)30-23(20)15-17;1-2/h7-10,13-15H,6,11-12H2,1-5H3,(H,29,32);1-2H3. The van der Waals surface area contributed by atoms with Gasteiger partial charge in [0.2, 0.25) is 0 Å². The van der Waals surface area contributed by atoms with Crippen LogP contribution in [0.25, 0.3) is 22.0 Å². The van der Waals surface area contributed by atoms with E-state index in [0.717, 1.165) is 11.1 Å². The minimum absolute atomic E-state index is 0.194. The van der Waals surface area contributed by atoms with E-state index in [-0.39, 0.29) is 18.7 Å². The van der Waals surface area contributed by atoms with E-state index in [2.05, 4.69) is 10.3 Å². The normalized spacial score (nSPS) is 10.9. The topological polar surface area (TPSA) is 71.5 Å². The molecule has 2 aromatic carbocycles. The summed E-state index contributed by atoms with van der Waals surface area (Å²) in [5.41, 5.74) is 2.05. The van der Waals surface area contributed by atoms with Gasteiger partial charge in [-0.05, 0) is 64.4 Å². The molecule has 1 heterocycles. The first-order chi connectivity index (χ1) is 17.0. The molecule has 0 aliphatic carbocycles. The first-order valence-corrected chi connectivity index (χ1v) is 12.5. The molecule has 0 spiro atoms. The van der Waals surface area contributed by atoms with E-state index in [1.807, 2.05) is 33.8 Å². The molecule has 1 aromatic heterocycles. The third-order valence-electron chi connectivity index (χ3n) is 5.13. The zero-order valence-corrected chi connectivity index (χ0v) is 22.8. The second-order valence-electron chi connectivity index (χ2n) is 8.99. The SMILES string of the molecule is CC.CCN(CCNC(=O)c1ccc(-c2ccc3c(Cl)cc(C)nc3c2)c(F)c1)C(=O)OC(C)(C)C. The number of carbonyl (C=O) groups is 2. The summed E-state index contributed by atoms with van der Waals surface area (Å²) in [6.07, 6.45) is -0.444. The van der Waals surface area contributed by atoms with Crippen LogP contribution in [0.3, 0.4) is 0 Å². The number of rotatable bonds is 6. The summed E-state index contributed by atoms with van der Waals surface area (Å²) in [4.78, 5) is 30.7. The van der Waals surface area contributed by atoms with Crippen LogP contribution in [-0.4, -0.2) is 47.1 Å². The number of aryl methyl sites for hydroxylation is 1. The minimum atomic E-state index is -0.598. The van der Waals surface area contributed by atoms with Crippen LogP contribution in [-0.2, 0) is 4.74 Å². The van der Waals surface area contributed by atoms with Gasteiger partial charge in [-0.15, -0.1) is 0 Å². The lowest BCUT2D eigenvalue weighted by Gasteiger charge is -2.26. The third-order valence-corrected chi connectivity index (χ3v) is 5.44. The molecule has 0 aliphatic rings. The van der Waals surface area contributed by atoms with Crippen molar-refractivity contribution in [2.24, 2.45) is 0 Å². The van der Waals surface area contributed by atoms with Gasteiger partial charge in [0.1, 0.15) is 11.4 Å². The molecule has 3 aromatic rings. The van der Waals surface area contributed by atoms with Crippen molar-refractivity contribution in [3.05, 3.63) is 64.6 Å². The highest BCUT2D eigenvalue weighted by atomic mass is 35.5. The van der Waals surface area contributed by atoms with Gasteiger partial charge in [-0.1, -0.05) is 43.6 Å². The smallest absolute Gasteiger partial charge is 0.410 e. The van der Waals surface area contributed by atoms with Crippen LogP contribution in [0.1, 0.15) is 57.6 Å². The molecule has 2 amide bonds. The number of nitrogens with one attached hydrogen (secondary N) is 1. The van der Waals surface area contributed by atoms with Crippen LogP contribution < -0.4 is 5.32 Å². The highest BCUT2D eigenvalue weighted by molar-refractivity contribution is 6.35. The summed E-state index contributed by atoms with van der Waals surface area (Å²) in [6, 6.07) is 11.5. The summed E-state index contributed by atoms with van der Waals surface area (Å²) in [5, 5.41) is 4.11. The van der Waals surface area contributed by atoms with Crippen molar-refractivity contribution in [1.82, 2.24) is 15.2 Å². The number of nitrogens with zero attached hydrogens (tertiary/aromatic N) is 2. The summed E-state index contributed by atoms with van der Waals surface area (Å²) in [5.74, 6) is -0.942. The molecule has 3 rings (SSSR count). The van der Waals surface area contributed by atoms with E-state index in [9.17, 15) is 14.0 Å². The molecule has 194 valence electrons. The Balaban J connectivity index is 0.00000222. The molecule has 6 nitrogen and oxygen atoms in total. The van der Waals surface area contributed by atoms with E-state index >= 15 is 0 Å². The lowest BCUT2D eigenvalue weighted by Crippen LogP contribution is -2.41. The second-order valence-corrected chi connectivity index (χ2v) is 9.40. The van der Waals surface area contributed by atoms with Gasteiger partial charge >= 0.3 is 6.09 Å². The number of pyridine rings is 1. The third kappa shape index (κ3) is 7.65. The van der Waals surface area contributed by atoms with Crippen molar-refractivity contribution in [3.8, 4) is 11.1 Å². The molecular weight excluding hydrogens is 481 g/mol. The average molecular weight is 516 g/mol. The van der Waals surface area contributed by atoms with Gasteiger partial charge in [0.15, 0.2) is 0 Å². The highest BCUT2D eigenvalue weighted by Crippen LogP contribution is 2.30. The number of amides is 2. The Morgan fingerprint density at radius 1 is 1.11 bits per heavy atom. The average Bonchev–Trinajstić information content (AvgIpc) is 2.81. The monoisotopic (exact) mass is 515 g/mol. The van der Waals surface area contributed by atoms with Crippen molar-refractivity contribution < 1.29 is 18.7 Å². The minimum Gasteiger partial charge on any atom is -0.444 e. The molecule has 0 unspecified atom stereocenters. The number of aromatic nitrogens is 1. The number of fused-ring (bicyclic) bond motifs is 1. The van der Waals surface area contributed by atoms with Crippen LogP contribution in [0.2, 0.25) is 5.02 Å². The molecule has 8 heteroatoms. The maximum absolute atomic E-state index is 14.9. The van der Waals surface area contributed by atoms with Crippen molar-refractivity contribution in [2.45, 2.75) is 54.1 Å². The summed E-state index contributed by atoms with van der Waals surface area (Å²) < 4.78 is 20.3. The lowest BCUT2D eigenvalue weighted by molar-refractivity contribution is 0.0261. The highest BCUT2D eigenvalue weighted by Gasteiger charge is 2.21. The Morgan fingerprint density at radius 2 is 1.81 bits per heavy atom. The summed E-state index contributed by atoms with van der Waals surface area (Å²) in [7, 11) is 0. The van der Waals surface area contributed by atoms with E-state index in [4.69, 9.17) is 16.3 Å². The van der Waals surface area contributed by atoms with Crippen LogP contribution in [0.4, 0.5) is 9.18 Å². The molecule has 0 aliphatic heterocycles. The van der Waals surface area contributed by atoms with E-state index in [1.54, 1.807) is 51.1 Å². The van der Waals surface area contributed by atoms with Crippen molar-refractivity contribution in [2.75, 3.05) is 19.6 Å². The number of likely N-dealkylation sites (N-methyl/N-ethyl adjacent to an activating group) is 1. The number of ether oxygens (including phenoxy) is 1. The molecule has 0 radical (unpaired) electrons. The number of halogens is 2. The zero-order chi connectivity index (χ0) is 27.0. The van der Waals surface area contributed by atoms with Gasteiger partial charge in [-0.3, -0.25) is 9.78 Å². The van der Waals surface area contributed by atoms with E-state index < -0.39 is 23.4 Å². The van der Waals surface area contributed by atoms with Gasteiger partial charge < -0.3 is 15.0 Å². The Labute approximate surface area is 217 Å². The Morgan fingerprint density at radius 3 is 2.42 bits per heavy atom. The molecule has 0 fully saturated rings. The molecule has 0 atom stereocenters. The van der Waals surface area contributed by atoms with Gasteiger partial charge in [0.25, 0.3) is 5.91 Å². The Kier molecular flexibility index (Phi) is 10.2. The van der Waals surface area contributed by atoms with Crippen molar-refractivity contribution >= 4 is 34.5 Å². The van der Waals surface area contributed by atoms with Crippen LogP contribution in [0.15, 0.2) is 42.5 Å². The number of hydrogen-bond acceptors (Lipinski definition) is 4. The lowest BCUT2D eigenvalue weighted by atomic mass is 10.0. The van der Waals surface area contributed by atoms with Gasteiger partial charge in [0, 0.05) is 41.8 Å². The van der Waals surface area contributed by atoms with Gasteiger partial charge in [0.05, 0.1) is 10.5 Å². The first-order valence-electron chi connectivity index (χ1n) is 12.1. The fraction of sp³-hybridized carbons (Fsp3) is 0.393. The maximum Gasteiger partial charge on any atom is 0.410 e.